The zero-order valence-electron chi connectivity index (χ0n) is 15.6. The lowest BCUT2D eigenvalue weighted by atomic mass is 9.80. The summed E-state index contributed by atoms with van der Waals surface area (Å²) in [6.45, 7) is 6.22. The molecule has 0 N–H and O–H groups in total. The van der Waals surface area contributed by atoms with Crippen LogP contribution < -0.4 is 0 Å². The number of fused-ring (bicyclic) bond motifs is 1. The summed E-state index contributed by atoms with van der Waals surface area (Å²) in [4.78, 5) is 30.5. The number of Topliss-reactive ketones (excluding diaryl/α,β-unsaturated/α-hetero) is 1. The third-order valence-corrected chi connectivity index (χ3v) is 7.11. The van der Waals surface area contributed by atoms with Crippen LogP contribution in [0.4, 0.5) is 0 Å². The number of carbonyl (C=O) groups excluding carboxylic acids is 2. The minimum atomic E-state index is -0.147. The summed E-state index contributed by atoms with van der Waals surface area (Å²) in [7, 11) is 0. The summed E-state index contributed by atoms with van der Waals surface area (Å²) < 4.78 is 0. The lowest BCUT2D eigenvalue weighted by molar-refractivity contribution is -0.135. The van der Waals surface area contributed by atoms with Gasteiger partial charge in [0, 0.05) is 36.6 Å². The summed E-state index contributed by atoms with van der Waals surface area (Å²) in [6, 6.07) is 6.27. The summed E-state index contributed by atoms with van der Waals surface area (Å²) in [6.07, 6.45) is 3.72. The zero-order valence-corrected chi connectivity index (χ0v) is 16.4. The molecule has 2 saturated heterocycles. The molecule has 0 aromatic heterocycles. The van der Waals surface area contributed by atoms with E-state index in [0.29, 0.717) is 18.9 Å². The molecule has 0 bridgehead atoms. The van der Waals surface area contributed by atoms with Crippen molar-refractivity contribution in [3.05, 3.63) is 34.9 Å². The van der Waals surface area contributed by atoms with Crippen molar-refractivity contribution in [1.82, 2.24) is 9.80 Å². The second-order valence-electron chi connectivity index (χ2n) is 7.87. The van der Waals surface area contributed by atoms with Gasteiger partial charge in [-0.3, -0.25) is 9.59 Å². The predicted octanol–water partition coefficient (Wildman–Crippen LogP) is 3.09. The van der Waals surface area contributed by atoms with Crippen LogP contribution in [0, 0.1) is 6.92 Å². The van der Waals surface area contributed by atoms with E-state index in [1.165, 1.54) is 25.9 Å². The Morgan fingerprint density at radius 3 is 2.85 bits per heavy atom. The molecule has 2 heterocycles. The number of hydrogen-bond acceptors (Lipinski definition) is 4. The Labute approximate surface area is 160 Å². The van der Waals surface area contributed by atoms with Crippen LogP contribution in [0.3, 0.4) is 0 Å². The monoisotopic (exact) mass is 372 g/mol. The molecule has 4 nitrogen and oxygen atoms in total. The SMILES string of the molecule is Cc1ccc2c(c1)C(C(=O)N1CCSCC1CN1CCCC1)CCC2=O. The lowest BCUT2D eigenvalue weighted by Gasteiger charge is -2.40. The van der Waals surface area contributed by atoms with Crippen LogP contribution in [-0.2, 0) is 4.79 Å². The number of ketones is 1. The molecule has 2 unspecified atom stereocenters. The van der Waals surface area contributed by atoms with E-state index < -0.39 is 0 Å². The minimum absolute atomic E-state index is 0.147. The van der Waals surface area contributed by atoms with E-state index in [9.17, 15) is 9.59 Å². The van der Waals surface area contributed by atoms with Gasteiger partial charge < -0.3 is 9.80 Å². The minimum Gasteiger partial charge on any atom is -0.336 e. The molecule has 2 fully saturated rings. The fourth-order valence-electron chi connectivity index (χ4n) is 4.61. The highest BCUT2D eigenvalue weighted by Gasteiger charge is 2.37. The number of hydrogen-bond donors (Lipinski definition) is 0. The van der Waals surface area contributed by atoms with Gasteiger partial charge in [0.1, 0.15) is 0 Å². The molecule has 4 rings (SSSR count). The largest absolute Gasteiger partial charge is 0.336 e. The number of rotatable bonds is 3. The molecule has 1 aromatic carbocycles. The molecule has 0 saturated carbocycles. The van der Waals surface area contributed by atoms with E-state index in [4.69, 9.17) is 0 Å². The number of amides is 1. The van der Waals surface area contributed by atoms with Crippen molar-refractivity contribution in [1.29, 1.82) is 0 Å². The maximum absolute atomic E-state index is 13.5. The molecular formula is C21H28N2O2S. The van der Waals surface area contributed by atoms with Crippen molar-refractivity contribution in [3.63, 3.8) is 0 Å². The van der Waals surface area contributed by atoms with E-state index in [1.54, 1.807) is 0 Å². The van der Waals surface area contributed by atoms with Gasteiger partial charge in [0.25, 0.3) is 0 Å². The molecule has 1 aromatic rings. The topological polar surface area (TPSA) is 40.6 Å². The second kappa shape index (κ2) is 7.73. The van der Waals surface area contributed by atoms with Crippen molar-refractivity contribution in [2.75, 3.05) is 37.7 Å². The molecule has 5 heteroatoms. The highest BCUT2D eigenvalue weighted by atomic mass is 32.2. The molecule has 140 valence electrons. The zero-order chi connectivity index (χ0) is 18.1. The molecule has 0 spiro atoms. The first-order valence-electron chi connectivity index (χ1n) is 9.88. The fraction of sp³-hybridized carbons (Fsp3) is 0.619. The second-order valence-corrected chi connectivity index (χ2v) is 9.02. The Morgan fingerprint density at radius 1 is 1.23 bits per heavy atom. The van der Waals surface area contributed by atoms with Crippen molar-refractivity contribution < 1.29 is 9.59 Å². The summed E-state index contributed by atoms with van der Waals surface area (Å²) in [5.74, 6) is 2.34. The van der Waals surface area contributed by atoms with Gasteiger partial charge in [-0.1, -0.05) is 23.8 Å². The van der Waals surface area contributed by atoms with E-state index in [1.807, 2.05) is 30.8 Å². The quantitative estimate of drug-likeness (QED) is 0.818. The van der Waals surface area contributed by atoms with E-state index in [0.717, 1.165) is 41.3 Å². The van der Waals surface area contributed by atoms with Crippen LogP contribution in [0.1, 0.15) is 53.1 Å². The van der Waals surface area contributed by atoms with Gasteiger partial charge in [-0.05, 0) is 44.8 Å². The maximum Gasteiger partial charge on any atom is 0.230 e. The van der Waals surface area contributed by atoms with Crippen LogP contribution in [0.15, 0.2) is 18.2 Å². The summed E-state index contributed by atoms with van der Waals surface area (Å²) in [5.41, 5.74) is 2.85. The van der Waals surface area contributed by atoms with Crippen LogP contribution in [0.5, 0.6) is 0 Å². The van der Waals surface area contributed by atoms with Crippen LogP contribution in [0.2, 0.25) is 0 Å². The average molecular weight is 373 g/mol. The predicted molar refractivity (Wildman–Crippen MR) is 106 cm³/mol. The number of carbonyl (C=O) groups is 2. The smallest absolute Gasteiger partial charge is 0.230 e. The van der Waals surface area contributed by atoms with E-state index in [-0.39, 0.29) is 17.6 Å². The standard InChI is InChI=1S/C21H28N2O2S/c1-15-4-5-17-19(12-15)18(6-7-20(17)24)21(25)23-10-11-26-14-16(23)13-22-8-2-3-9-22/h4-5,12,16,18H,2-3,6-11,13-14H2,1H3. The summed E-state index contributed by atoms with van der Waals surface area (Å²) in [5, 5.41) is 0. The first-order chi connectivity index (χ1) is 12.6. The molecule has 26 heavy (non-hydrogen) atoms. The van der Waals surface area contributed by atoms with Gasteiger partial charge in [0.05, 0.1) is 12.0 Å². The van der Waals surface area contributed by atoms with Gasteiger partial charge in [-0.2, -0.15) is 11.8 Å². The Bertz CT molecular complexity index is 699. The van der Waals surface area contributed by atoms with Crippen molar-refractivity contribution in [2.45, 2.75) is 44.6 Å². The average Bonchev–Trinajstić information content (AvgIpc) is 3.15. The Morgan fingerprint density at radius 2 is 2.04 bits per heavy atom. The Hall–Kier alpha value is -1.33. The first kappa shape index (κ1) is 18.1. The molecule has 0 radical (unpaired) electrons. The number of likely N-dealkylation sites (tertiary alicyclic amines) is 1. The van der Waals surface area contributed by atoms with E-state index >= 15 is 0 Å². The molecule has 2 aliphatic heterocycles. The van der Waals surface area contributed by atoms with Gasteiger partial charge in [0.15, 0.2) is 5.78 Å². The van der Waals surface area contributed by atoms with Crippen LogP contribution >= 0.6 is 11.8 Å². The van der Waals surface area contributed by atoms with Crippen LogP contribution in [-0.4, -0.2) is 65.2 Å². The van der Waals surface area contributed by atoms with E-state index in [2.05, 4.69) is 15.9 Å². The first-order valence-corrected chi connectivity index (χ1v) is 11.0. The Balaban J connectivity index is 1.56. The van der Waals surface area contributed by atoms with Crippen molar-refractivity contribution >= 4 is 23.5 Å². The number of aryl methyl sites for hydroxylation is 1. The van der Waals surface area contributed by atoms with Gasteiger partial charge in [-0.15, -0.1) is 0 Å². The maximum atomic E-state index is 13.5. The highest BCUT2D eigenvalue weighted by molar-refractivity contribution is 7.99. The lowest BCUT2D eigenvalue weighted by Crippen LogP contribution is -2.52. The van der Waals surface area contributed by atoms with Gasteiger partial charge >= 0.3 is 0 Å². The number of benzene rings is 1. The highest BCUT2D eigenvalue weighted by Crippen LogP contribution is 2.35. The molecule has 1 aliphatic carbocycles. The normalized spacial score (nSPS) is 26.8. The van der Waals surface area contributed by atoms with Gasteiger partial charge in [0.2, 0.25) is 5.91 Å². The third-order valence-electron chi connectivity index (χ3n) is 6.02. The number of nitrogens with zero attached hydrogens (tertiary/aromatic N) is 2. The van der Waals surface area contributed by atoms with Crippen LogP contribution in [0.25, 0.3) is 0 Å². The Kier molecular flexibility index (Phi) is 5.37. The third kappa shape index (κ3) is 3.56. The number of thioether (sulfide) groups is 1. The molecule has 3 aliphatic rings. The fourth-order valence-corrected chi connectivity index (χ4v) is 5.66. The summed E-state index contributed by atoms with van der Waals surface area (Å²) >= 11 is 1.97. The van der Waals surface area contributed by atoms with Crippen molar-refractivity contribution in [2.24, 2.45) is 0 Å². The van der Waals surface area contributed by atoms with Gasteiger partial charge in [-0.25, -0.2) is 0 Å². The molecule has 2 atom stereocenters. The molecule has 1 amide bonds. The molecular weight excluding hydrogens is 344 g/mol. The van der Waals surface area contributed by atoms with Crippen molar-refractivity contribution in [3.8, 4) is 0 Å².